The summed E-state index contributed by atoms with van der Waals surface area (Å²) in [6.07, 6.45) is 2.18. The third kappa shape index (κ3) is 1.93. The predicted octanol–water partition coefficient (Wildman–Crippen LogP) is 1.86. The van der Waals surface area contributed by atoms with Gasteiger partial charge in [-0.3, -0.25) is 0 Å². The molecule has 3 nitrogen and oxygen atoms in total. The Morgan fingerprint density at radius 2 is 2.41 bits per heavy atom. The molecule has 1 aliphatic heterocycles. The van der Waals surface area contributed by atoms with Gasteiger partial charge in [0.05, 0.1) is 11.0 Å². The summed E-state index contributed by atoms with van der Waals surface area (Å²) in [4.78, 5) is 4.53. The molecule has 4 heteroatoms. The van der Waals surface area contributed by atoms with Crippen molar-refractivity contribution in [1.82, 2.24) is 14.9 Å². The van der Waals surface area contributed by atoms with Gasteiger partial charge in [0.1, 0.15) is 11.6 Å². The van der Waals surface area contributed by atoms with Gasteiger partial charge in [0.25, 0.3) is 0 Å². The molecule has 0 saturated carbocycles. The van der Waals surface area contributed by atoms with Crippen LogP contribution in [0, 0.1) is 11.7 Å². The second-order valence-corrected chi connectivity index (χ2v) is 4.78. The summed E-state index contributed by atoms with van der Waals surface area (Å²) < 4.78 is 15.2. The summed E-state index contributed by atoms with van der Waals surface area (Å²) in [6, 6.07) is 4.80. The van der Waals surface area contributed by atoms with Crippen molar-refractivity contribution >= 4 is 11.0 Å². The number of nitrogens with zero attached hydrogens (tertiary/aromatic N) is 2. The lowest BCUT2D eigenvalue weighted by Crippen LogP contribution is -2.12. The largest absolute Gasteiger partial charge is 0.331 e. The van der Waals surface area contributed by atoms with Crippen molar-refractivity contribution < 1.29 is 4.39 Å². The van der Waals surface area contributed by atoms with Crippen molar-refractivity contribution in [2.75, 3.05) is 13.1 Å². The zero-order valence-corrected chi connectivity index (χ0v) is 9.91. The van der Waals surface area contributed by atoms with Gasteiger partial charge in [-0.1, -0.05) is 0 Å². The van der Waals surface area contributed by atoms with Crippen LogP contribution in [0.25, 0.3) is 11.0 Å². The van der Waals surface area contributed by atoms with E-state index in [1.54, 1.807) is 6.07 Å². The number of fused-ring (bicyclic) bond motifs is 1. The molecule has 0 radical (unpaired) electrons. The number of imidazole rings is 1. The Labute approximate surface area is 99.7 Å². The smallest absolute Gasteiger partial charge is 0.125 e. The lowest BCUT2D eigenvalue weighted by molar-refractivity contribution is 0.552. The zero-order chi connectivity index (χ0) is 11.8. The second kappa shape index (κ2) is 4.11. The van der Waals surface area contributed by atoms with Gasteiger partial charge < -0.3 is 9.88 Å². The molecule has 1 fully saturated rings. The third-order valence-electron chi connectivity index (χ3n) is 3.57. The molecule has 1 aliphatic rings. The molecule has 0 aliphatic carbocycles. The van der Waals surface area contributed by atoms with Gasteiger partial charge >= 0.3 is 0 Å². The van der Waals surface area contributed by atoms with Crippen LogP contribution in [0.2, 0.25) is 0 Å². The zero-order valence-electron chi connectivity index (χ0n) is 9.91. The minimum absolute atomic E-state index is 0.218. The second-order valence-electron chi connectivity index (χ2n) is 4.78. The average molecular weight is 233 g/mol. The molecule has 1 N–H and O–H groups in total. The number of aromatic nitrogens is 2. The summed E-state index contributed by atoms with van der Waals surface area (Å²) in [5, 5.41) is 3.36. The fourth-order valence-corrected chi connectivity index (χ4v) is 2.55. The predicted molar refractivity (Wildman–Crippen MR) is 65.4 cm³/mol. The number of nitrogens with one attached hydrogen (secondary N) is 1. The first-order valence-electron chi connectivity index (χ1n) is 6.05. The fraction of sp³-hybridized carbons (Fsp3) is 0.462. The summed E-state index contributed by atoms with van der Waals surface area (Å²) in [6.45, 7) is 2.17. The number of benzene rings is 1. The maximum absolute atomic E-state index is 13.1. The normalized spacial score (nSPS) is 20.2. The van der Waals surface area contributed by atoms with Gasteiger partial charge in [-0.15, -0.1) is 0 Å². The van der Waals surface area contributed by atoms with Crippen LogP contribution in [0.1, 0.15) is 12.2 Å². The van der Waals surface area contributed by atoms with E-state index >= 15 is 0 Å². The van der Waals surface area contributed by atoms with Gasteiger partial charge in [-0.05, 0) is 37.6 Å². The van der Waals surface area contributed by atoms with Gasteiger partial charge in [-0.25, -0.2) is 9.37 Å². The molecule has 0 spiro atoms. The first kappa shape index (κ1) is 10.7. The Morgan fingerprint density at radius 3 is 3.18 bits per heavy atom. The molecule has 0 bridgehead atoms. The van der Waals surface area contributed by atoms with Crippen molar-refractivity contribution in [3.63, 3.8) is 0 Å². The van der Waals surface area contributed by atoms with E-state index in [2.05, 4.69) is 14.9 Å². The maximum Gasteiger partial charge on any atom is 0.125 e. The van der Waals surface area contributed by atoms with Crippen LogP contribution < -0.4 is 5.32 Å². The SMILES string of the molecule is Cn1c(CC2CCNC2)nc2cc(F)ccc21. The molecule has 3 rings (SSSR count). The Kier molecular flexibility index (Phi) is 2.59. The number of rotatable bonds is 2. The number of hydrogen-bond acceptors (Lipinski definition) is 2. The summed E-state index contributed by atoms with van der Waals surface area (Å²) >= 11 is 0. The van der Waals surface area contributed by atoms with Crippen molar-refractivity contribution in [1.29, 1.82) is 0 Å². The van der Waals surface area contributed by atoms with Crippen LogP contribution in [0.3, 0.4) is 0 Å². The highest BCUT2D eigenvalue weighted by Gasteiger charge is 2.18. The van der Waals surface area contributed by atoms with Crippen LogP contribution >= 0.6 is 0 Å². The minimum Gasteiger partial charge on any atom is -0.331 e. The standard InChI is InChI=1S/C13H16FN3/c1-17-12-3-2-10(14)7-11(12)16-13(17)6-9-4-5-15-8-9/h2-3,7,9,15H,4-6,8H2,1H3. The van der Waals surface area contributed by atoms with E-state index in [1.807, 2.05) is 7.05 Å². The van der Waals surface area contributed by atoms with Crippen LogP contribution in [-0.4, -0.2) is 22.6 Å². The highest BCUT2D eigenvalue weighted by molar-refractivity contribution is 5.75. The van der Waals surface area contributed by atoms with E-state index < -0.39 is 0 Å². The van der Waals surface area contributed by atoms with E-state index in [9.17, 15) is 4.39 Å². The third-order valence-corrected chi connectivity index (χ3v) is 3.57. The lowest BCUT2D eigenvalue weighted by Gasteiger charge is -2.07. The Balaban J connectivity index is 1.96. The Morgan fingerprint density at radius 1 is 1.53 bits per heavy atom. The first-order chi connectivity index (χ1) is 8.24. The van der Waals surface area contributed by atoms with Gasteiger partial charge in [0.2, 0.25) is 0 Å². The Bertz CT molecular complexity index is 541. The average Bonchev–Trinajstić information content (AvgIpc) is 2.89. The molecular weight excluding hydrogens is 217 g/mol. The van der Waals surface area contributed by atoms with E-state index in [4.69, 9.17) is 0 Å². The molecule has 0 amide bonds. The first-order valence-corrected chi connectivity index (χ1v) is 6.05. The molecule has 1 saturated heterocycles. The maximum atomic E-state index is 13.1. The van der Waals surface area contributed by atoms with Crippen LogP contribution in [0.5, 0.6) is 0 Å². The number of halogens is 1. The molecule has 1 unspecified atom stereocenters. The summed E-state index contributed by atoms with van der Waals surface area (Å²) in [5.74, 6) is 1.50. The van der Waals surface area contributed by atoms with E-state index in [-0.39, 0.29) is 5.82 Å². The topological polar surface area (TPSA) is 29.9 Å². The van der Waals surface area contributed by atoms with Crippen molar-refractivity contribution in [3.05, 3.63) is 29.8 Å². The highest BCUT2D eigenvalue weighted by atomic mass is 19.1. The van der Waals surface area contributed by atoms with Crippen LogP contribution in [0.15, 0.2) is 18.2 Å². The quantitative estimate of drug-likeness (QED) is 0.858. The van der Waals surface area contributed by atoms with E-state index in [0.717, 1.165) is 36.4 Å². The summed E-state index contributed by atoms with van der Waals surface area (Å²) in [7, 11) is 2.00. The summed E-state index contributed by atoms with van der Waals surface area (Å²) in [5.41, 5.74) is 1.76. The van der Waals surface area contributed by atoms with Crippen LogP contribution in [-0.2, 0) is 13.5 Å². The van der Waals surface area contributed by atoms with Gasteiger partial charge in [0.15, 0.2) is 0 Å². The van der Waals surface area contributed by atoms with Crippen molar-refractivity contribution in [2.24, 2.45) is 13.0 Å². The monoisotopic (exact) mass is 233 g/mol. The minimum atomic E-state index is -0.218. The van der Waals surface area contributed by atoms with E-state index in [1.165, 1.54) is 18.6 Å². The lowest BCUT2D eigenvalue weighted by atomic mass is 10.0. The van der Waals surface area contributed by atoms with Crippen molar-refractivity contribution in [3.8, 4) is 0 Å². The van der Waals surface area contributed by atoms with Gasteiger partial charge in [0, 0.05) is 19.5 Å². The van der Waals surface area contributed by atoms with Crippen LogP contribution in [0.4, 0.5) is 4.39 Å². The molecule has 2 heterocycles. The number of hydrogen-bond donors (Lipinski definition) is 1. The molecule has 1 atom stereocenters. The van der Waals surface area contributed by atoms with Crippen molar-refractivity contribution in [2.45, 2.75) is 12.8 Å². The molecule has 2 aromatic rings. The highest BCUT2D eigenvalue weighted by Crippen LogP contribution is 2.20. The molecule has 1 aromatic heterocycles. The van der Waals surface area contributed by atoms with E-state index in [0.29, 0.717) is 5.92 Å². The number of aryl methyl sites for hydroxylation is 1. The molecule has 1 aromatic carbocycles. The Hall–Kier alpha value is -1.42. The molecular formula is C13H16FN3. The molecule has 90 valence electrons. The molecule has 17 heavy (non-hydrogen) atoms. The fourth-order valence-electron chi connectivity index (χ4n) is 2.55. The van der Waals surface area contributed by atoms with Gasteiger partial charge in [-0.2, -0.15) is 0 Å².